The number of nitrogens with one attached hydrogen (secondary N) is 1. The lowest BCUT2D eigenvalue weighted by atomic mass is 10.0. The number of rotatable bonds is 6. The fourth-order valence-electron chi connectivity index (χ4n) is 2.65. The molecule has 3 rings (SSSR count). The zero-order chi connectivity index (χ0) is 18.2. The summed E-state index contributed by atoms with van der Waals surface area (Å²) in [5.74, 6) is -0.661. The van der Waals surface area contributed by atoms with Gasteiger partial charge < -0.3 is 9.84 Å². The van der Waals surface area contributed by atoms with Crippen molar-refractivity contribution < 1.29 is 23.1 Å². The number of carbonyl (C=O) groups is 1. The Bertz CT molecular complexity index is 895. The number of ether oxygens (including phenoxy) is 1. The van der Waals surface area contributed by atoms with E-state index in [1.807, 2.05) is 6.92 Å². The Hall–Kier alpha value is -1.97. The summed E-state index contributed by atoms with van der Waals surface area (Å²) in [7, 11) is -3.80. The first-order valence-electron chi connectivity index (χ1n) is 7.71. The average Bonchev–Trinajstić information content (AvgIpc) is 3.23. The van der Waals surface area contributed by atoms with Gasteiger partial charge in [-0.25, -0.2) is 18.2 Å². The lowest BCUT2D eigenvalue weighted by molar-refractivity contribution is -0.144. The van der Waals surface area contributed by atoms with Gasteiger partial charge in [-0.2, -0.15) is 4.72 Å². The average molecular weight is 382 g/mol. The van der Waals surface area contributed by atoms with Crippen molar-refractivity contribution in [2.45, 2.75) is 43.2 Å². The third-order valence-electron chi connectivity index (χ3n) is 4.26. The van der Waals surface area contributed by atoms with E-state index in [9.17, 15) is 13.2 Å². The lowest BCUT2D eigenvalue weighted by Gasteiger charge is -2.27. The third-order valence-corrected chi connectivity index (χ3v) is 6.89. The lowest BCUT2D eigenvalue weighted by Crippen LogP contribution is -2.42. The van der Waals surface area contributed by atoms with Gasteiger partial charge in [0.1, 0.15) is 10.8 Å². The molecule has 25 heavy (non-hydrogen) atoms. The van der Waals surface area contributed by atoms with E-state index in [0.29, 0.717) is 22.7 Å². The van der Waals surface area contributed by atoms with Crippen LogP contribution < -0.4 is 9.46 Å². The largest absolute Gasteiger partial charge is 0.478 e. The molecule has 1 aliphatic rings. The number of thiazole rings is 1. The molecule has 134 valence electrons. The molecular formula is C16H18N2O5S2. The normalized spacial score (nSPS) is 19.0. The van der Waals surface area contributed by atoms with Crippen LogP contribution in [0.25, 0.3) is 0 Å². The number of hydrogen-bond donors (Lipinski definition) is 2. The minimum absolute atomic E-state index is 0.0807. The molecule has 1 aromatic carbocycles. The number of sulfonamides is 1. The summed E-state index contributed by atoms with van der Waals surface area (Å²) < 4.78 is 33.7. The highest BCUT2D eigenvalue weighted by Crippen LogP contribution is 2.33. The predicted octanol–water partition coefficient (Wildman–Crippen LogP) is 2.13. The van der Waals surface area contributed by atoms with Gasteiger partial charge in [0.05, 0.1) is 10.4 Å². The summed E-state index contributed by atoms with van der Waals surface area (Å²) in [6, 6.07) is 4.39. The Morgan fingerprint density at radius 3 is 2.88 bits per heavy atom. The van der Waals surface area contributed by atoms with Crippen LogP contribution >= 0.6 is 11.3 Å². The molecule has 0 radical (unpaired) electrons. The van der Waals surface area contributed by atoms with E-state index in [4.69, 9.17) is 9.84 Å². The molecule has 0 spiro atoms. The van der Waals surface area contributed by atoms with Gasteiger partial charge in [-0.15, -0.1) is 11.3 Å². The van der Waals surface area contributed by atoms with Crippen LogP contribution in [0.3, 0.4) is 0 Å². The molecule has 2 unspecified atom stereocenters. The standard InChI is InChI=1S/C16H18N2O5S2/c1-3-16(2,15-17-6-7-24-15)18-25(21,22)11-4-5-12-10(8-11)9-13(23-12)14(19)20/h4-8,13,18H,3,9H2,1-2H3,(H,19,20). The maximum absolute atomic E-state index is 12.8. The number of hydrogen-bond acceptors (Lipinski definition) is 6. The van der Waals surface area contributed by atoms with Crippen molar-refractivity contribution >= 4 is 27.3 Å². The van der Waals surface area contributed by atoms with Crippen LogP contribution in [0.1, 0.15) is 30.8 Å². The highest BCUT2D eigenvalue weighted by molar-refractivity contribution is 7.89. The number of aliphatic carboxylic acids is 1. The highest BCUT2D eigenvalue weighted by Gasteiger charge is 2.35. The molecular weight excluding hydrogens is 364 g/mol. The molecule has 0 aliphatic carbocycles. The molecule has 2 heterocycles. The Morgan fingerprint density at radius 1 is 1.52 bits per heavy atom. The first kappa shape index (κ1) is 17.8. The van der Waals surface area contributed by atoms with Crippen LogP contribution in [-0.4, -0.2) is 30.6 Å². The maximum Gasteiger partial charge on any atom is 0.345 e. The summed E-state index contributed by atoms with van der Waals surface area (Å²) in [6.07, 6.45) is 1.35. The number of carboxylic acid groups (broad SMARTS) is 1. The van der Waals surface area contributed by atoms with E-state index < -0.39 is 27.6 Å². The van der Waals surface area contributed by atoms with Crippen molar-refractivity contribution in [3.63, 3.8) is 0 Å². The molecule has 0 saturated heterocycles. The van der Waals surface area contributed by atoms with Gasteiger partial charge in [0.15, 0.2) is 6.10 Å². The minimum atomic E-state index is -3.80. The molecule has 0 bridgehead atoms. The van der Waals surface area contributed by atoms with Crippen molar-refractivity contribution in [3.05, 3.63) is 40.3 Å². The van der Waals surface area contributed by atoms with Crippen LogP contribution in [0.5, 0.6) is 5.75 Å². The monoisotopic (exact) mass is 382 g/mol. The van der Waals surface area contributed by atoms with Gasteiger partial charge in [0.25, 0.3) is 0 Å². The summed E-state index contributed by atoms with van der Waals surface area (Å²) in [4.78, 5) is 15.4. The van der Waals surface area contributed by atoms with Gasteiger partial charge in [-0.05, 0) is 37.1 Å². The molecule has 0 saturated carbocycles. The van der Waals surface area contributed by atoms with Crippen molar-refractivity contribution in [1.82, 2.24) is 9.71 Å². The maximum atomic E-state index is 12.8. The van der Waals surface area contributed by atoms with Gasteiger partial charge in [-0.3, -0.25) is 0 Å². The molecule has 0 amide bonds. The van der Waals surface area contributed by atoms with Gasteiger partial charge >= 0.3 is 5.97 Å². The molecule has 2 aromatic rings. The van der Waals surface area contributed by atoms with Crippen LogP contribution in [0.15, 0.2) is 34.7 Å². The number of carboxylic acids is 1. The molecule has 7 nitrogen and oxygen atoms in total. The fourth-order valence-corrected chi connectivity index (χ4v) is 5.04. The van der Waals surface area contributed by atoms with Gasteiger partial charge in [0.2, 0.25) is 10.0 Å². The Balaban J connectivity index is 1.89. The molecule has 0 fully saturated rings. The second-order valence-corrected chi connectivity index (χ2v) is 8.62. The van der Waals surface area contributed by atoms with E-state index in [0.717, 1.165) is 0 Å². The van der Waals surface area contributed by atoms with Gasteiger partial charge in [0, 0.05) is 18.0 Å². The Morgan fingerprint density at radius 2 is 2.28 bits per heavy atom. The highest BCUT2D eigenvalue weighted by atomic mass is 32.2. The second-order valence-electron chi connectivity index (χ2n) is 6.05. The molecule has 2 atom stereocenters. The van der Waals surface area contributed by atoms with Crippen molar-refractivity contribution in [2.75, 3.05) is 0 Å². The van der Waals surface area contributed by atoms with E-state index >= 15 is 0 Å². The summed E-state index contributed by atoms with van der Waals surface area (Å²) in [5.41, 5.74) is -0.241. The number of nitrogens with zero attached hydrogens (tertiary/aromatic N) is 1. The second kappa shape index (κ2) is 6.40. The van der Waals surface area contributed by atoms with Crippen LogP contribution in [0.2, 0.25) is 0 Å². The van der Waals surface area contributed by atoms with E-state index in [1.54, 1.807) is 18.5 Å². The Labute approximate surface area is 149 Å². The van der Waals surface area contributed by atoms with Crippen LogP contribution in [0.4, 0.5) is 0 Å². The first-order valence-corrected chi connectivity index (χ1v) is 10.1. The first-order chi connectivity index (χ1) is 11.7. The summed E-state index contributed by atoms with van der Waals surface area (Å²) in [6.45, 7) is 3.68. The Kier molecular flexibility index (Phi) is 4.56. The summed E-state index contributed by atoms with van der Waals surface area (Å²) in [5, 5.41) is 11.5. The van der Waals surface area contributed by atoms with E-state index in [2.05, 4.69) is 9.71 Å². The zero-order valence-electron chi connectivity index (χ0n) is 13.7. The third kappa shape index (κ3) is 3.39. The topological polar surface area (TPSA) is 106 Å². The quantitative estimate of drug-likeness (QED) is 0.793. The molecule has 1 aromatic heterocycles. The van der Waals surface area contributed by atoms with Crippen LogP contribution in [-0.2, 0) is 26.8 Å². The predicted molar refractivity (Wildman–Crippen MR) is 92.3 cm³/mol. The summed E-state index contributed by atoms with van der Waals surface area (Å²) >= 11 is 1.39. The SMILES string of the molecule is CCC(C)(NS(=O)(=O)c1ccc2c(c1)CC(C(=O)O)O2)c1nccs1. The minimum Gasteiger partial charge on any atom is -0.478 e. The molecule has 1 aliphatic heterocycles. The van der Waals surface area contributed by atoms with Crippen molar-refractivity contribution in [3.8, 4) is 5.75 Å². The van der Waals surface area contributed by atoms with Crippen molar-refractivity contribution in [1.29, 1.82) is 0 Å². The molecule has 9 heteroatoms. The molecule has 2 N–H and O–H groups in total. The van der Waals surface area contributed by atoms with Crippen LogP contribution in [0, 0.1) is 0 Å². The number of benzene rings is 1. The zero-order valence-corrected chi connectivity index (χ0v) is 15.4. The van der Waals surface area contributed by atoms with E-state index in [-0.39, 0.29) is 11.3 Å². The number of fused-ring (bicyclic) bond motifs is 1. The fraction of sp³-hybridized carbons (Fsp3) is 0.375. The number of aromatic nitrogens is 1. The van der Waals surface area contributed by atoms with E-state index in [1.165, 1.54) is 29.5 Å². The van der Waals surface area contributed by atoms with Crippen molar-refractivity contribution in [2.24, 2.45) is 0 Å². The smallest absolute Gasteiger partial charge is 0.345 e. The van der Waals surface area contributed by atoms with Gasteiger partial charge in [-0.1, -0.05) is 6.92 Å².